The van der Waals surface area contributed by atoms with Gasteiger partial charge in [0.2, 0.25) is 0 Å². The van der Waals surface area contributed by atoms with Gasteiger partial charge >= 0.3 is 0 Å². The quantitative estimate of drug-likeness (QED) is 0.320. The zero-order chi connectivity index (χ0) is 25.3. The van der Waals surface area contributed by atoms with E-state index in [0.29, 0.717) is 39.2 Å². The van der Waals surface area contributed by atoms with Gasteiger partial charge in [0.15, 0.2) is 0 Å². The molecule has 0 saturated heterocycles. The predicted molar refractivity (Wildman–Crippen MR) is 145 cm³/mol. The lowest BCUT2D eigenvalue weighted by molar-refractivity contribution is 0.102. The van der Waals surface area contributed by atoms with Crippen LogP contribution in [0.25, 0.3) is 5.57 Å². The number of rotatable bonds is 10. The third-order valence-electron chi connectivity index (χ3n) is 5.68. The Kier molecular flexibility index (Phi) is 10.7. The van der Waals surface area contributed by atoms with Gasteiger partial charge in [0.25, 0.3) is 5.91 Å². The van der Waals surface area contributed by atoms with Gasteiger partial charge in [0.1, 0.15) is 11.6 Å². The molecule has 0 aliphatic rings. The first kappa shape index (κ1) is 27.5. The maximum absolute atomic E-state index is 13.0. The summed E-state index contributed by atoms with van der Waals surface area (Å²) in [5.41, 5.74) is 4.91. The topological polar surface area (TPSA) is 63.2 Å². The molecule has 2 rings (SSSR count). The second kappa shape index (κ2) is 13.2. The lowest BCUT2D eigenvalue weighted by Gasteiger charge is -2.19. The first-order valence-corrected chi connectivity index (χ1v) is 12.1. The molecule has 182 valence electrons. The minimum atomic E-state index is -0.339. The Bertz CT molecular complexity index is 1100. The molecule has 0 spiro atoms. The lowest BCUT2D eigenvalue weighted by Crippen LogP contribution is -2.16. The van der Waals surface area contributed by atoms with Crippen LogP contribution < -0.4 is 10.6 Å². The van der Waals surface area contributed by atoms with Gasteiger partial charge in [0, 0.05) is 22.5 Å². The van der Waals surface area contributed by atoms with Crippen molar-refractivity contribution in [1.29, 1.82) is 0 Å². The van der Waals surface area contributed by atoms with E-state index in [9.17, 15) is 4.79 Å². The fraction of sp³-hybridized carbons (Fsp3) is 0.333. The molecule has 0 unspecified atom stereocenters. The van der Waals surface area contributed by atoms with Crippen molar-refractivity contribution < 1.29 is 9.53 Å². The molecule has 0 bridgehead atoms. The van der Waals surface area contributed by atoms with Crippen LogP contribution in [0, 0.1) is 0 Å². The zero-order valence-electron chi connectivity index (χ0n) is 20.7. The monoisotopic (exact) mass is 501 g/mol. The van der Waals surface area contributed by atoms with Crippen LogP contribution in [0.5, 0.6) is 0 Å². The van der Waals surface area contributed by atoms with Crippen LogP contribution in [0.3, 0.4) is 0 Å². The Balaban J connectivity index is 2.46. The molecule has 5 nitrogen and oxygen atoms in total. The smallest absolute Gasteiger partial charge is 0.258 e. The first-order valence-electron chi connectivity index (χ1n) is 11.4. The molecule has 0 aliphatic heterocycles. The van der Waals surface area contributed by atoms with E-state index in [-0.39, 0.29) is 5.91 Å². The van der Waals surface area contributed by atoms with Crippen LogP contribution in [-0.4, -0.2) is 17.4 Å². The number of carbonyl (C=O) groups is 1. The van der Waals surface area contributed by atoms with Crippen LogP contribution >= 0.6 is 23.2 Å². The fourth-order valence-electron chi connectivity index (χ4n) is 3.14. The molecule has 1 aromatic heterocycles. The van der Waals surface area contributed by atoms with E-state index in [4.69, 9.17) is 27.9 Å². The predicted octanol–water partition coefficient (Wildman–Crippen LogP) is 8.49. The SMILES string of the molecule is C/C=C\O/C(CNc1ncc(C(=O)Nc2ccc(Cl)cc2)c(Cl)c1C(C)=C(C)CC)=C(\C)CC. The number of hydrogen-bond acceptors (Lipinski definition) is 4. The molecule has 7 heteroatoms. The summed E-state index contributed by atoms with van der Waals surface area (Å²) in [5, 5.41) is 7.17. The normalized spacial score (nSPS) is 12.8. The number of nitrogens with zero attached hydrogens (tertiary/aromatic N) is 1. The molecule has 0 aliphatic carbocycles. The van der Waals surface area contributed by atoms with Gasteiger partial charge in [-0.25, -0.2) is 4.98 Å². The number of anilines is 2. The number of benzene rings is 1. The number of amides is 1. The molecule has 1 amide bonds. The van der Waals surface area contributed by atoms with E-state index >= 15 is 0 Å². The van der Waals surface area contributed by atoms with Gasteiger partial charge in [-0.05, 0) is 75.9 Å². The van der Waals surface area contributed by atoms with E-state index in [2.05, 4.69) is 36.4 Å². The maximum Gasteiger partial charge on any atom is 0.258 e. The largest absolute Gasteiger partial charge is 0.468 e. The van der Waals surface area contributed by atoms with Gasteiger partial charge in [-0.3, -0.25) is 4.79 Å². The summed E-state index contributed by atoms with van der Waals surface area (Å²) in [5.74, 6) is 1.08. The Labute approximate surface area is 212 Å². The molecule has 1 aromatic carbocycles. The minimum Gasteiger partial charge on any atom is -0.468 e. The van der Waals surface area contributed by atoms with Crippen LogP contribution in [-0.2, 0) is 4.74 Å². The summed E-state index contributed by atoms with van der Waals surface area (Å²) in [6.45, 7) is 12.6. The number of aromatic nitrogens is 1. The molecule has 0 radical (unpaired) electrons. The van der Waals surface area contributed by atoms with Gasteiger partial charge < -0.3 is 15.4 Å². The van der Waals surface area contributed by atoms with E-state index < -0.39 is 0 Å². The fourth-order valence-corrected chi connectivity index (χ4v) is 3.63. The first-order chi connectivity index (χ1) is 16.2. The van der Waals surface area contributed by atoms with Gasteiger partial charge in [-0.1, -0.05) is 48.7 Å². The standard InChI is InChI=1S/C27H33Cl2N3O2/c1-7-14-34-23(18(5)9-3)16-31-26-24(19(6)17(4)8-2)25(29)22(15-30-26)27(33)32-21-12-10-20(28)11-13-21/h7,10-15H,8-9,16H2,1-6H3,(H,30,31)(H,32,33)/b14-7-,19-17?,23-18+. The minimum absolute atomic E-state index is 0.297. The third kappa shape index (κ3) is 7.12. The number of carbonyl (C=O) groups excluding carboxylic acids is 1. The Morgan fingerprint density at radius 1 is 1.06 bits per heavy atom. The second-order valence-electron chi connectivity index (χ2n) is 7.93. The second-order valence-corrected chi connectivity index (χ2v) is 8.74. The average molecular weight is 502 g/mol. The molecule has 0 atom stereocenters. The van der Waals surface area contributed by atoms with Crippen molar-refractivity contribution in [1.82, 2.24) is 4.98 Å². The van der Waals surface area contributed by atoms with Crippen molar-refractivity contribution in [2.45, 2.75) is 54.4 Å². The van der Waals surface area contributed by atoms with Crippen molar-refractivity contribution in [2.75, 3.05) is 17.2 Å². The highest BCUT2D eigenvalue weighted by molar-refractivity contribution is 6.36. The summed E-state index contributed by atoms with van der Waals surface area (Å²) in [7, 11) is 0. The third-order valence-corrected chi connectivity index (χ3v) is 6.32. The summed E-state index contributed by atoms with van der Waals surface area (Å²) in [6.07, 6.45) is 6.72. The summed E-state index contributed by atoms with van der Waals surface area (Å²) in [6, 6.07) is 6.90. The van der Waals surface area contributed by atoms with Gasteiger partial charge in [-0.15, -0.1) is 0 Å². The van der Waals surface area contributed by atoms with Gasteiger partial charge in [-0.2, -0.15) is 0 Å². The summed E-state index contributed by atoms with van der Waals surface area (Å²) < 4.78 is 5.79. The van der Waals surface area contributed by atoms with Crippen molar-refractivity contribution in [3.05, 3.63) is 80.9 Å². The van der Waals surface area contributed by atoms with E-state index in [1.54, 1.807) is 30.5 Å². The molecular weight excluding hydrogens is 469 g/mol. The summed E-state index contributed by atoms with van der Waals surface area (Å²) >= 11 is 12.8. The van der Waals surface area contributed by atoms with E-state index in [0.717, 1.165) is 35.3 Å². The highest BCUT2D eigenvalue weighted by Gasteiger charge is 2.21. The van der Waals surface area contributed by atoms with Crippen molar-refractivity contribution in [3.8, 4) is 0 Å². The van der Waals surface area contributed by atoms with Crippen LogP contribution in [0.1, 0.15) is 70.3 Å². The van der Waals surface area contributed by atoms with Crippen LogP contribution in [0.2, 0.25) is 10.0 Å². The van der Waals surface area contributed by atoms with Crippen molar-refractivity contribution >= 4 is 46.2 Å². The van der Waals surface area contributed by atoms with E-state index in [1.807, 2.05) is 26.8 Å². The van der Waals surface area contributed by atoms with Crippen LogP contribution in [0.15, 0.2) is 59.7 Å². The average Bonchev–Trinajstić information content (AvgIpc) is 2.84. The Morgan fingerprint density at radius 2 is 1.71 bits per heavy atom. The molecule has 0 fully saturated rings. The van der Waals surface area contributed by atoms with E-state index in [1.165, 1.54) is 6.20 Å². The molecule has 2 N–H and O–H groups in total. The number of ether oxygens (including phenoxy) is 1. The highest BCUT2D eigenvalue weighted by Crippen LogP contribution is 2.35. The number of pyridine rings is 1. The highest BCUT2D eigenvalue weighted by atomic mass is 35.5. The van der Waals surface area contributed by atoms with Gasteiger partial charge in [0.05, 0.1) is 23.4 Å². The number of allylic oxidation sites excluding steroid dienone is 4. The summed E-state index contributed by atoms with van der Waals surface area (Å²) in [4.78, 5) is 17.6. The van der Waals surface area contributed by atoms with Crippen molar-refractivity contribution in [3.63, 3.8) is 0 Å². The molecule has 2 aromatic rings. The Morgan fingerprint density at radius 3 is 2.29 bits per heavy atom. The number of hydrogen-bond donors (Lipinski definition) is 2. The van der Waals surface area contributed by atoms with Crippen molar-refractivity contribution in [2.24, 2.45) is 0 Å². The molecule has 0 saturated carbocycles. The number of halogens is 2. The maximum atomic E-state index is 13.0. The lowest BCUT2D eigenvalue weighted by atomic mass is 9.99. The molecule has 1 heterocycles. The molecular formula is C27H33Cl2N3O2. The number of nitrogens with one attached hydrogen (secondary N) is 2. The zero-order valence-corrected chi connectivity index (χ0v) is 22.2. The molecule has 34 heavy (non-hydrogen) atoms. The van der Waals surface area contributed by atoms with Crippen LogP contribution in [0.4, 0.5) is 11.5 Å². The Hall–Kier alpha value is -2.76.